The average molecular weight is 207 g/mol. The van der Waals surface area contributed by atoms with Gasteiger partial charge in [0, 0.05) is 37.1 Å². The number of aromatic nitrogens is 1. The molecule has 0 saturated carbocycles. The Morgan fingerprint density at radius 3 is 2.80 bits per heavy atom. The Morgan fingerprint density at radius 1 is 1.40 bits per heavy atom. The van der Waals surface area contributed by atoms with Crippen molar-refractivity contribution in [2.75, 3.05) is 13.7 Å². The first kappa shape index (κ1) is 10.4. The number of carbonyl (C=O) groups excluding carboxylic acids is 1. The van der Waals surface area contributed by atoms with Gasteiger partial charge >= 0.3 is 0 Å². The van der Waals surface area contributed by atoms with Crippen LogP contribution >= 0.6 is 0 Å². The van der Waals surface area contributed by atoms with Gasteiger partial charge in [0.25, 0.3) is 0 Å². The SMILES string of the molecule is COCC1CC(=O)c2c([nH]c(C)c2C)C1. The maximum absolute atomic E-state index is 11.9. The summed E-state index contributed by atoms with van der Waals surface area (Å²) >= 11 is 0. The highest BCUT2D eigenvalue weighted by molar-refractivity contribution is 6.00. The number of carbonyl (C=O) groups is 1. The first-order chi connectivity index (χ1) is 7.13. The van der Waals surface area contributed by atoms with Gasteiger partial charge in [-0.3, -0.25) is 4.79 Å². The molecule has 0 amide bonds. The second-order valence-electron chi connectivity index (χ2n) is 4.38. The molecule has 1 aliphatic rings. The summed E-state index contributed by atoms with van der Waals surface area (Å²) in [4.78, 5) is 15.2. The van der Waals surface area contributed by atoms with Gasteiger partial charge in [0.05, 0.1) is 0 Å². The summed E-state index contributed by atoms with van der Waals surface area (Å²) in [6, 6.07) is 0. The van der Waals surface area contributed by atoms with E-state index in [0.29, 0.717) is 18.9 Å². The van der Waals surface area contributed by atoms with Gasteiger partial charge in [-0.1, -0.05) is 0 Å². The third-order valence-electron chi connectivity index (χ3n) is 3.23. The van der Waals surface area contributed by atoms with E-state index in [1.807, 2.05) is 13.8 Å². The van der Waals surface area contributed by atoms with Gasteiger partial charge in [0.1, 0.15) is 0 Å². The molecule has 0 fully saturated rings. The molecule has 15 heavy (non-hydrogen) atoms. The second kappa shape index (κ2) is 3.81. The van der Waals surface area contributed by atoms with Gasteiger partial charge in [-0.2, -0.15) is 0 Å². The van der Waals surface area contributed by atoms with Crippen LogP contribution in [0.2, 0.25) is 0 Å². The summed E-state index contributed by atoms with van der Waals surface area (Å²) in [7, 11) is 1.69. The van der Waals surface area contributed by atoms with Crippen LogP contribution in [0, 0.1) is 19.8 Å². The predicted molar refractivity (Wildman–Crippen MR) is 58.3 cm³/mol. The van der Waals surface area contributed by atoms with E-state index in [4.69, 9.17) is 4.74 Å². The Morgan fingerprint density at radius 2 is 2.13 bits per heavy atom. The van der Waals surface area contributed by atoms with Crippen LogP contribution in [0.1, 0.15) is 33.7 Å². The Balaban J connectivity index is 2.32. The lowest BCUT2D eigenvalue weighted by molar-refractivity contribution is 0.0883. The van der Waals surface area contributed by atoms with Crippen molar-refractivity contribution in [2.45, 2.75) is 26.7 Å². The summed E-state index contributed by atoms with van der Waals surface area (Å²) in [6.07, 6.45) is 1.56. The van der Waals surface area contributed by atoms with E-state index in [2.05, 4.69) is 4.98 Å². The largest absolute Gasteiger partial charge is 0.384 e. The minimum Gasteiger partial charge on any atom is -0.384 e. The molecule has 0 saturated heterocycles. The highest BCUT2D eigenvalue weighted by Gasteiger charge is 2.28. The number of hydrogen-bond donors (Lipinski definition) is 1. The summed E-state index contributed by atoms with van der Waals surface area (Å²) in [5.74, 6) is 0.604. The smallest absolute Gasteiger partial charge is 0.165 e. The molecule has 3 nitrogen and oxygen atoms in total. The molecule has 0 bridgehead atoms. The Kier molecular flexibility index (Phi) is 2.65. The molecule has 0 radical (unpaired) electrons. The van der Waals surface area contributed by atoms with Crippen LogP contribution in [0.3, 0.4) is 0 Å². The minimum atomic E-state index is 0.264. The third kappa shape index (κ3) is 1.72. The van der Waals surface area contributed by atoms with Crippen LogP contribution in [-0.4, -0.2) is 24.5 Å². The van der Waals surface area contributed by atoms with Gasteiger partial charge in [-0.05, 0) is 31.7 Å². The van der Waals surface area contributed by atoms with Gasteiger partial charge in [-0.25, -0.2) is 0 Å². The Hall–Kier alpha value is -1.09. The second-order valence-corrected chi connectivity index (χ2v) is 4.38. The number of fused-ring (bicyclic) bond motifs is 1. The number of rotatable bonds is 2. The number of aromatic amines is 1. The van der Waals surface area contributed by atoms with Crippen molar-refractivity contribution in [1.29, 1.82) is 0 Å². The van der Waals surface area contributed by atoms with Crippen molar-refractivity contribution < 1.29 is 9.53 Å². The minimum absolute atomic E-state index is 0.264. The number of Topliss-reactive ketones (excluding diaryl/α,β-unsaturated/α-hetero) is 1. The summed E-state index contributed by atoms with van der Waals surface area (Å²) in [5.41, 5.74) is 4.26. The lowest BCUT2D eigenvalue weighted by Crippen LogP contribution is -2.23. The molecule has 1 N–H and O–H groups in total. The average Bonchev–Trinajstić information content (AvgIpc) is 2.43. The highest BCUT2D eigenvalue weighted by atomic mass is 16.5. The maximum Gasteiger partial charge on any atom is 0.165 e. The fraction of sp³-hybridized carbons (Fsp3) is 0.583. The fourth-order valence-corrected chi connectivity index (χ4v) is 2.41. The summed E-state index contributed by atoms with van der Waals surface area (Å²) < 4.78 is 5.12. The van der Waals surface area contributed by atoms with Gasteiger partial charge in [0.2, 0.25) is 0 Å². The monoisotopic (exact) mass is 207 g/mol. The quantitative estimate of drug-likeness (QED) is 0.806. The van der Waals surface area contributed by atoms with E-state index in [9.17, 15) is 4.79 Å². The fourth-order valence-electron chi connectivity index (χ4n) is 2.41. The first-order valence-electron chi connectivity index (χ1n) is 5.33. The van der Waals surface area contributed by atoms with Crippen LogP contribution in [0.4, 0.5) is 0 Å². The van der Waals surface area contributed by atoms with E-state index in [0.717, 1.165) is 28.9 Å². The van der Waals surface area contributed by atoms with Crippen LogP contribution < -0.4 is 0 Å². The molecule has 0 spiro atoms. The topological polar surface area (TPSA) is 42.1 Å². The number of aryl methyl sites for hydroxylation is 1. The molecule has 2 rings (SSSR count). The lowest BCUT2D eigenvalue weighted by Gasteiger charge is -2.20. The normalized spacial score (nSPS) is 20.5. The molecule has 1 unspecified atom stereocenters. The number of ketones is 1. The Bertz CT molecular complexity index is 393. The van der Waals surface area contributed by atoms with Gasteiger partial charge < -0.3 is 9.72 Å². The first-order valence-corrected chi connectivity index (χ1v) is 5.33. The predicted octanol–water partition coefficient (Wildman–Crippen LogP) is 2.02. The molecule has 1 atom stereocenters. The van der Waals surface area contributed by atoms with Crippen molar-refractivity contribution in [3.63, 3.8) is 0 Å². The number of ether oxygens (including phenoxy) is 1. The Labute approximate surface area is 89.8 Å². The zero-order valence-corrected chi connectivity index (χ0v) is 9.52. The van der Waals surface area contributed by atoms with E-state index in [1.54, 1.807) is 7.11 Å². The van der Waals surface area contributed by atoms with Crippen molar-refractivity contribution in [3.8, 4) is 0 Å². The van der Waals surface area contributed by atoms with Crippen molar-refractivity contribution >= 4 is 5.78 Å². The van der Waals surface area contributed by atoms with Crippen LogP contribution in [0.15, 0.2) is 0 Å². The van der Waals surface area contributed by atoms with Crippen LogP contribution in [-0.2, 0) is 11.2 Å². The number of H-pyrrole nitrogens is 1. The maximum atomic E-state index is 11.9. The number of nitrogens with one attached hydrogen (secondary N) is 1. The van der Waals surface area contributed by atoms with Crippen molar-refractivity contribution in [1.82, 2.24) is 4.98 Å². The summed E-state index contributed by atoms with van der Waals surface area (Å²) in [5, 5.41) is 0. The van der Waals surface area contributed by atoms with Gasteiger partial charge in [0.15, 0.2) is 5.78 Å². The lowest BCUT2D eigenvalue weighted by atomic mass is 9.86. The zero-order valence-electron chi connectivity index (χ0n) is 9.52. The van der Waals surface area contributed by atoms with Gasteiger partial charge in [-0.15, -0.1) is 0 Å². The molecule has 0 aromatic carbocycles. The molecular formula is C12H17NO2. The van der Waals surface area contributed by atoms with Crippen LogP contribution in [0.5, 0.6) is 0 Å². The molecule has 3 heteroatoms. The highest BCUT2D eigenvalue weighted by Crippen LogP contribution is 2.29. The zero-order chi connectivity index (χ0) is 11.0. The molecular weight excluding hydrogens is 190 g/mol. The van der Waals surface area contributed by atoms with Crippen molar-refractivity contribution in [2.24, 2.45) is 5.92 Å². The van der Waals surface area contributed by atoms with E-state index in [1.165, 1.54) is 0 Å². The standard InChI is InChI=1S/C12H17NO2/c1-7-8(2)13-10-4-9(6-15-3)5-11(14)12(7)10/h9,13H,4-6H2,1-3H3. The summed E-state index contributed by atoms with van der Waals surface area (Å²) in [6.45, 7) is 4.70. The molecule has 1 aromatic rings. The third-order valence-corrected chi connectivity index (χ3v) is 3.23. The van der Waals surface area contributed by atoms with Crippen LogP contribution in [0.25, 0.3) is 0 Å². The van der Waals surface area contributed by atoms with E-state index >= 15 is 0 Å². The molecule has 0 aliphatic heterocycles. The molecule has 1 aromatic heterocycles. The van der Waals surface area contributed by atoms with E-state index in [-0.39, 0.29) is 5.78 Å². The van der Waals surface area contributed by atoms with E-state index < -0.39 is 0 Å². The number of hydrogen-bond acceptors (Lipinski definition) is 2. The molecule has 1 heterocycles. The van der Waals surface area contributed by atoms with Crippen molar-refractivity contribution in [3.05, 3.63) is 22.5 Å². The molecule has 1 aliphatic carbocycles. The number of methoxy groups -OCH3 is 1. The molecule has 82 valence electrons.